The van der Waals surface area contributed by atoms with Crippen molar-refractivity contribution in [2.24, 2.45) is 0 Å². The molecule has 2 rings (SSSR count). The molecule has 0 aromatic heterocycles. The zero-order chi connectivity index (χ0) is 15.2. The van der Waals surface area contributed by atoms with Gasteiger partial charge in [0.25, 0.3) is 0 Å². The summed E-state index contributed by atoms with van der Waals surface area (Å²) in [5.41, 5.74) is 2.90. The molecule has 0 heterocycles. The van der Waals surface area contributed by atoms with Gasteiger partial charge in [0.05, 0.1) is 13.2 Å². The Bertz CT molecular complexity index is 578. The number of halogens is 1. The van der Waals surface area contributed by atoms with Crippen molar-refractivity contribution in [3.8, 4) is 5.75 Å². The standard InChI is InChI=1S/C18H21FO2/c1-13-6-8-14(9-7-13)10-11-16(20)12-15-4-3-5-17(21-2)18(15)19/h3-9,16,20H,10-12H2,1-2H3. The van der Waals surface area contributed by atoms with Crippen LogP contribution in [-0.2, 0) is 12.8 Å². The van der Waals surface area contributed by atoms with Gasteiger partial charge in [-0.3, -0.25) is 0 Å². The van der Waals surface area contributed by atoms with Crippen LogP contribution in [0.5, 0.6) is 5.75 Å². The molecule has 3 heteroatoms. The zero-order valence-corrected chi connectivity index (χ0v) is 12.5. The largest absolute Gasteiger partial charge is 0.494 e. The first-order chi connectivity index (χ1) is 10.1. The summed E-state index contributed by atoms with van der Waals surface area (Å²) in [4.78, 5) is 0. The first-order valence-corrected chi connectivity index (χ1v) is 7.15. The van der Waals surface area contributed by atoms with Crippen molar-refractivity contribution in [1.82, 2.24) is 0 Å². The molecule has 0 aliphatic heterocycles. The third-order valence-corrected chi connectivity index (χ3v) is 3.61. The van der Waals surface area contributed by atoms with E-state index in [4.69, 9.17) is 4.74 Å². The Morgan fingerprint density at radius 3 is 2.52 bits per heavy atom. The van der Waals surface area contributed by atoms with Gasteiger partial charge in [-0.1, -0.05) is 42.0 Å². The van der Waals surface area contributed by atoms with Gasteiger partial charge >= 0.3 is 0 Å². The second-order valence-corrected chi connectivity index (χ2v) is 5.32. The highest BCUT2D eigenvalue weighted by Gasteiger charge is 2.13. The summed E-state index contributed by atoms with van der Waals surface area (Å²) in [6.45, 7) is 2.05. The van der Waals surface area contributed by atoms with Crippen LogP contribution in [0, 0.1) is 12.7 Å². The minimum atomic E-state index is -0.562. The maximum absolute atomic E-state index is 14.0. The van der Waals surface area contributed by atoms with E-state index in [-0.39, 0.29) is 11.6 Å². The first kappa shape index (κ1) is 15.5. The van der Waals surface area contributed by atoms with E-state index in [1.807, 2.05) is 6.92 Å². The average Bonchev–Trinajstić information content (AvgIpc) is 2.49. The van der Waals surface area contributed by atoms with Crippen LogP contribution >= 0.6 is 0 Å². The summed E-state index contributed by atoms with van der Waals surface area (Å²) < 4.78 is 19.0. The van der Waals surface area contributed by atoms with Crippen LogP contribution in [0.15, 0.2) is 42.5 Å². The lowest BCUT2D eigenvalue weighted by Gasteiger charge is -2.13. The summed E-state index contributed by atoms with van der Waals surface area (Å²) in [7, 11) is 1.44. The molecule has 0 fully saturated rings. The van der Waals surface area contributed by atoms with Crippen molar-refractivity contribution in [2.45, 2.75) is 32.3 Å². The van der Waals surface area contributed by atoms with Gasteiger partial charge < -0.3 is 9.84 Å². The molecule has 0 bridgehead atoms. The zero-order valence-electron chi connectivity index (χ0n) is 12.5. The minimum Gasteiger partial charge on any atom is -0.494 e. The van der Waals surface area contributed by atoms with Crippen molar-refractivity contribution < 1.29 is 14.2 Å². The van der Waals surface area contributed by atoms with Crippen LogP contribution in [0.1, 0.15) is 23.1 Å². The Morgan fingerprint density at radius 2 is 1.86 bits per heavy atom. The molecule has 1 N–H and O–H groups in total. The fourth-order valence-electron chi connectivity index (χ4n) is 2.32. The summed E-state index contributed by atoms with van der Waals surface area (Å²) in [5, 5.41) is 10.1. The van der Waals surface area contributed by atoms with Gasteiger partial charge in [-0.2, -0.15) is 0 Å². The molecule has 0 spiro atoms. The van der Waals surface area contributed by atoms with Gasteiger partial charge in [0.1, 0.15) is 0 Å². The maximum Gasteiger partial charge on any atom is 0.168 e. The number of benzene rings is 2. The number of methoxy groups -OCH3 is 1. The molecule has 112 valence electrons. The van der Waals surface area contributed by atoms with E-state index >= 15 is 0 Å². The second kappa shape index (κ2) is 7.23. The highest BCUT2D eigenvalue weighted by Crippen LogP contribution is 2.21. The fraction of sp³-hybridized carbons (Fsp3) is 0.333. The van der Waals surface area contributed by atoms with E-state index in [1.54, 1.807) is 18.2 Å². The third-order valence-electron chi connectivity index (χ3n) is 3.61. The van der Waals surface area contributed by atoms with Crippen LogP contribution in [-0.4, -0.2) is 18.3 Å². The Hall–Kier alpha value is -1.87. The molecule has 0 radical (unpaired) electrons. The molecule has 0 saturated carbocycles. The first-order valence-electron chi connectivity index (χ1n) is 7.15. The lowest BCUT2D eigenvalue weighted by molar-refractivity contribution is 0.163. The summed E-state index contributed by atoms with van der Waals surface area (Å²) >= 11 is 0. The van der Waals surface area contributed by atoms with Crippen molar-refractivity contribution >= 4 is 0 Å². The molecule has 0 aliphatic carbocycles. The number of hydrogen-bond acceptors (Lipinski definition) is 2. The summed E-state index contributed by atoms with van der Waals surface area (Å²) in [6.07, 6.45) is 1.13. The van der Waals surface area contributed by atoms with Crippen LogP contribution < -0.4 is 4.74 Å². The number of aliphatic hydroxyl groups is 1. The quantitative estimate of drug-likeness (QED) is 0.878. The second-order valence-electron chi connectivity index (χ2n) is 5.32. The topological polar surface area (TPSA) is 29.5 Å². The molecule has 1 unspecified atom stereocenters. The van der Waals surface area contributed by atoms with Gasteiger partial charge in [0, 0.05) is 6.42 Å². The van der Waals surface area contributed by atoms with E-state index in [0.29, 0.717) is 18.4 Å². The van der Waals surface area contributed by atoms with Crippen LogP contribution in [0.4, 0.5) is 4.39 Å². The smallest absolute Gasteiger partial charge is 0.168 e. The van der Waals surface area contributed by atoms with E-state index < -0.39 is 6.10 Å². The third kappa shape index (κ3) is 4.30. The predicted octanol–water partition coefficient (Wildman–Crippen LogP) is 3.68. The Labute approximate surface area is 125 Å². The normalized spacial score (nSPS) is 12.2. The summed E-state index contributed by atoms with van der Waals surface area (Å²) in [5.74, 6) is -0.160. The molecule has 0 amide bonds. The lowest BCUT2D eigenvalue weighted by atomic mass is 10.0. The molecule has 21 heavy (non-hydrogen) atoms. The Morgan fingerprint density at radius 1 is 1.14 bits per heavy atom. The number of ether oxygens (including phenoxy) is 1. The van der Waals surface area contributed by atoms with Crippen LogP contribution in [0.2, 0.25) is 0 Å². The highest BCUT2D eigenvalue weighted by atomic mass is 19.1. The monoisotopic (exact) mass is 288 g/mol. The number of aliphatic hydroxyl groups excluding tert-OH is 1. The molecule has 1 atom stereocenters. The molecule has 2 nitrogen and oxygen atoms in total. The van der Waals surface area contributed by atoms with Gasteiger partial charge in [-0.25, -0.2) is 4.39 Å². The lowest BCUT2D eigenvalue weighted by Crippen LogP contribution is -2.13. The maximum atomic E-state index is 14.0. The number of rotatable bonds is 6. The van der Waals surface area contributed by atoms with Crippen LogP contribution in [0.25, 0.3) is 0 Å². The molecular weight excluding hydrogens is 267 g/mol. The van der Waals surface area contributed by atoms with E-state index in [2.05, 4.69) is 24.3 Å². The van der Waals surface area contributed by atoms with E-state index in [0.717, 1.165) is 6.42 Å². The van der Waals surface area contributed by atoms with Crippen molar-refractivity contribution in [2.75, 3.05) is 7.11 Å². The van der Waals surface area contributed by atoms with Gasteiger partial charge in [0.15, 0.2) is 11.6 Å². The van der Waals surface area contributed by atoms with Crippen molar-refractivity contribution in [3.05, 3.63) is 65.0 Å². The molecule has 2 aromatic rings. The molecule has 0 aliphatic rings. The highest BCUT2D eigenvalue weighted by molar-refractivity contribution is 5.31. The number of aryl methyl sites for hydroxylation is 2. The fourth-order valence-corrected chi connectivity index (χ4v) is 2.32. The van der Waals surface area contributed by atoms with Crippen molar-refractivity contribution in [3.63, 3.8) is 0 Å². The SMILES string of the molecule is COc1cccc(CC(O)CCc2ccc(C)cc2)c1F. The van der Waals surface area contributed by atoms with E-state index in [9.17, 15) is 9.50 Å². The minimum absolute atomic E-state index is 0.221. The van der Waals surface area contributed by atoms with E-state index in [1.165, 1.54) is 18.2 Å². The molecule has 0 saturated heterocycles. The van der Waals surface area contributed by atoms with Gasteiger partial charge in [-0.05, 0) is 37.0 Å². The van der Waals surface area contributed by atoms with Crippen molar-refractivity contribution in [1.29, 1.82) is 0 Å². The molecule has 2 aromatic carbocycles. The average molecular weight is 288 g/mol. The Balaban J connectivity index is 1.92. The van der Waals surface area contributed by atoms with Gasteiger partial charge in [0.2, 0.25) is 0 Å². The Kier molecular flexibility index (Phi) is 5.34. The van der Waals surface area contributed by atoms with Gasteiger partial charge in [-0.15, -0.1) is 0 Å². The summed E-state index contributed by atoms with van der Waals surface area (Å²) in [6, 6.07) is 13.3. The van der Waals surface area contributed by atoms with Crippen LogP contribution in [0.3, 0.4) is 0 Å². The number of hydrogen-bond donors (Lipinski definition) is 1. The molecular formula is C18H21FO2. The predicted molar refractivity (Wildman–Crippen MR) is 82.2 cm³/mol.